The van der Waals surface area contributed by atoms with Crippen molar-refractivity contribution in [3.8, 4) is 0 Å². The van der Waals surface area contributed by atoms with Crippen molar-refractivity contribution < 1.29 is 53.7 Å². The number of hydrogen-bond acceptors (Lipinski definition) is 8. The average molecular weight is 502 g/mol. The van der Waals surface area contributed by atoms with E-state index in [1.807, 2.05) is 0 Å². The molecule has 0 aliphatic carbocycles. The maximum atomic E-state index is 12.8. The van der Waals surface area contributed by atoms with Crippen LogP contribution in [0.3, 0.4) is 0 Å². The zero-order valence-corrected chi connectivity index (χ0v) is 19.4. The molecule has 0 aromatic rings. The summed E-state index contributed by atoms with van der Waals surface area (Å²) in [4.78, 5) is 93.1. The predicted octanol–water partition coefficient (Wildman–Crippen LogP) is -2.39. The van der Waals surface area contributed by atoms with Gasteiger partial charge < -0.3 is 41.4 Å². The van der Waals surface area contributed by atoms with E-state index in [4.69, 9.17) is 15.3 Å². The van der Waals surface area contributed by atoms with Crippen molar-refractivity contribution in [2.75, 3.05) is 0 Å². The third-order valence-corrected chi connectivity index (χ3v) is 4.49. The highest BCUT2D eigenvalue weighted by molar-refractivity contribution is 5.96. The lowest BCUT2D eigenvalue weighted by atomic mass is 10.0. The first-order valence-electron chi connectivity index (χ1n) is 10.5. The van der Waals surface area contributed by atoms with E-state index in [1.165, 1.54) is 13.8 Å². The Labute approximate surface area is 200 Å². The topological polar surface area (TPSA) is 245 Å². The highest BCUT2D eigenvalue weighted by atomic mass is 16.4. The normalized spacial score (nSPS) is 13.9. The third kappa shape index (κ3) is 12.7. The Hall–Kier alpha value is -4.04. The van der Waals surface area contributed by atoms with Crippen molar-refractivity contribution >= 4 is 47.8 Å². The largest absolute Gasteiger partial charge is 0.481 e. The Bertz CT molecular complexity index is 827. The Kier molecular flexibility index (Phi) is 13.2. The van der Waals surface area contributed by atoms with Crippen LogP contribution in [0.1, 0.15) is 46.5 Å². The van der Waals surface area contributed by atoms with Crippen LogP contribution in [-0.4, -0.2) is 87.3 Å². The van der Waals surface area contributed by atoms with E-state index in [2.05, 4.69) is 21.3 Å². The molecule has 4 amide bonds. The molecule has 7 N–H and O–H groups in total. The zero-order chi connectivity index (χ0) is 27.3. The number of carboxylic acid groups (broad SMARTS) is 3. The molecule has 0 fully saturated rings. The van der Waals surface area contributed by atoms with Gasteiger partial charge in [-0.05, 0) is 12.3 Å². The molecule has 0 aromatic carbocycles. The molecule has 0 unspecified atom stereocenters. The van der Waals surface area contributed by atoms with Crippen LogP contribution < -0.4 is 21.3 Å². The third-order valence-electron chi connectivity index (χ3n) is 4.49. The maximum absolute atomic E-state index is 12.8. The Morgan fingerprint density at radius 2 is 1.26 bits per heavy atom. The van der Waals surface area contributed by atoms with Gasteiger partial charge in [-0.15, -0.1) is 0 Å². The van der Waals surface area contributed by atoms with Gasteiger partial charge in [0.15, 0.2) is 0 Å². The Morgan fingerprint density at radius 3 is 1.69 bits per heavy atom. The summed E-state index contributed by atoms with van der Waals surface area (Å²) < 4.78 is 0. The van der Waals surface area contributed by atoms with Crippen LogP contribution in [0.2, 0.25) is 0 Å². The highest BCUT2D eigenvalue weighted by Gasteiger charge is 2.32. The van der Waals surface area contributed by atoms with Crippen LogP contribution in [0, 0.1) is 5.92 Å². The van der Waals surface area contributed by atoms with E-state index >= 15 is 0 Å². The minimum atomic E-state index is -1.56. The minimum absolute atomic E-state index is 0.214. The molecule has 15 heteroatoms. The molecule has 4 atom stereocenters. The smallest absolute Gasteiger partial charge is 0.305 e. The molecule has 0 aliphatic rings. The number of nitrogens with one attached hydrogen (secondary N) is 4. The van der Waals surface area contributed by atoms with Gasteiger partial charge in [-0.3, -0.25) is 33.6 Å². The van der Waals surface area contributed by atoms with Crippen molar-refractivity contribution in [2.24, 2.45) is 5.92 Å². The maximum Gasteiger partial charge on any atom is 0.305 e. The molecule has 35 heavy (non-hydrogen) atoms. The zero-order valence-electron chi connectivity index (χ0n) is 19.4. The monoisotopic (exact) mass is 502 g/mol. The second-order valence-corrected chi connectivity index (χ2v) is 7.92. The molecule has 0 radical (unpaired) electrons. The van der Waals surface area contributed by atoms with Crippen LogP contribution in [0.15, 0.2) is 0 Å². The quantitative estimate of drug-likeness (QED) is 0.110. The molecule has 0 saturated carbocycles. The lowest BCUT2D eigenvalue weighted by molar-refractivity contribution is -0.141. The lowest BCUT2D eigenvalue weighted by Crippen LogP contribution is -2.58. The van der Waals surface area contributed by atoms with Gasteiger partial charge >= 0.3 is 17.9 Å². The summed E-state index contributed by atoms with van der Waals surface area (Å²) in [7, 11) is 0. The number of aldehydes is 1. The standard InChI is InChI=1S/C20H30N4O11/c1-9(2)17(20(35)22-11(8-25)6-15(29)30)24-18(33)12(4-5-14(27)28)23-19(34)13(7-16(31)32)21-10(3)26/h8-9,11-13,17H,4-7H2,1-3H3,(H,21,26)(H,22,35)(H,23,34)(H,24,33)(H,27,28)(H,29,30)(H,31,32)/t11-,12-,13-,17+/m1/s1. The fraction of sp³-hybridized carbons (Fsp3) is 0.600. The molecule has 196 valence electrons. The molecule has 0 bridgehead atoms. The number of carbonyl (C=O) groups excluding carboxylic acids is 5. The second-order valence-electron chi connectivity index (χ2n) is 7.92. The summed E-state index contributed by atoms with van der Waals surface area (Å²) in [6.07, 6.45) is -2.31. The van der Waals surface area contributed by atoms with Gasteiger partial charge in [-0.1, -0.05) is 13.8 Å². The first-order valence-corrected chi connectivity index (χ1v) is 10.5. The summed E-state index contributed by atoms with van der Waals surface area (Å²) in [6.45, 7) is 4.10. The van der Waals surface area contributed by atoms with Gasteiger partial charge in [0.1, 0.15) is 24.4 Å². The lowest BCUT2D eigenvalue weighted by Gasteiger charge is -2.27. The SMILES string of the molecule is CC(=O)N[C@H](CC(=O)O)C(=O)N[C@H](CCC(=O)O)C(=O)N[C@H](C(=O)N[C@@H](C=O)CC(=O)O)C(C)C. The van der Waals surface area contributed by atoms with E-state index in [9.17, 15) is 38.4 Å². The molecule has 15 nitrogen and oxygen atoms in total. The van der Waals surface area contributed by atoms with Crippen molar-refractivity contribution in [3.05, 3.63) is 0 Å². The van der Waals surface area contributed by atoms with Crippen LogP contribution in [-0.2, 0) is 38.4 Å². The molecular weight excluding hydrogens is 472 g/mol. The summed E-state index contributed by atoms with van der Waals surface area (Å²) in [5, 5.41) is 35.5. The van der Waals surface area contributed by atoms with Crippen molar-refractivity contribution in [2.45, 2.75) is 70.6 Å². The van der Waals surface area contributed by atoms with Gasteiger partial charge in [-0.2, -0.15) is 0 Å². The number of carbonyl (C=O) groups is 8. The average Bonchev–Trinajstić information content (AvgIpc) is 2.71. The van der Waals surface area contributed by atoms with Gasteiger partial charge in [0, 0.05) is 13.3 Å². The molecule has 0 aromatic heterocycles. The summed E-state index contributed by atoms with van der Waals surface area (Å²) >= 11 is 0. The minimum Gasteiger partial charge on any atom is -0.481 e. The Morgan fingerprint density at radius 1 is 0.714 bits per heavy atom. The van der Waals surface area contributed by atoms with E-state index in [0.29, 0.717) is 0 Å². The second kappa shape index (κ2) is 15.0. The van der Waals surface area contributed by atoms with Gasteiger partial charge in [-0.25, -0.2) is 0 Å². The number of carboxylic acids is 3. The van der Waals surface area contributed by atoms with Crippen molar-refractivity contribution in [3.63, 3.8) is 0 Å². The van der Waals surface area contributed by atoms with Crippen LogP contribution in [0.4, 0.5) is 0 Å². The molecule has 0 spiro atoms. The summed E-state index contributed by atoms with van der Waals surface area (Å²) in [5.41, 5.74) is 0. The molecule has 0 heterocycles. The number of amides is 4. The number of aliphatic carboxylic acids is 3. The number of hydrogen-bond donors (Lipinski definition) is 7. The predicted molar refractivity (Wildman–Crippen MR) is 116 cm³/mol. The van der Waals surface area contributed by atoms with Crippen LogP contribution >= 0.6 is 0 Å². The molecule has 0 aliphatic heterocycles. The van der Waals surface area contributed by atoms with Crippen LogP contribution in [0.25, 0.3) is 0 Å². The number of rotatable bonds is 16. The molecular formula is C20H30N4O11. The first kappa shape index (κ1) is 31.0. The fourth-order valence-corrected chi connectivity index (χ4v) is 2.82. The van der Waals surface area contributed by atoms with E-state index < -0.39 is 97.3 Å². The van der Waals surface area contributed by atoms with E-state index in [0.717, 1.165) is 6.92 Å². The first-order chi connectivity index (χ1) is 16.2. The van der Waals surface area contributed by atoms with Gasteiger partial charge in [0.2, 0.25) is 23.6 Å². The molecule has 0 rings (SSSR count). The van der Waals surface area contributed by atoms with E-state index in [1.54, 1.807) is 0 Å². The fourth-order valence-electron chi connectivity index (χ4n) is 2.82. The van der Waals surface area contributed by atoms with Crippen molar-refractivity contribution in [1.82, 2.24) is 21.3 Å². The summed E-state index contributed by atoms with van der Waals surface area (Å²) in [5.74, 6) is -8.33. The van der Waals surface area contributed by atoms with E-state index in [-0.39, 0.29) is 6.29 Å². The summed E-state index contributed by atoms with van der Waals surface area (Å²) in [6, 6.07) is -5.75. The Balaban J connectivity index is 5.66. The van der Waals surface area contributed by atoms with Gasteiger partial charge in [0.05, 0.1) is 18.9 Å². The highest BCUT2D eigenvalue weighted by Crippen LogP contribution is 2.07. The molecule has 0 saturated heterocycles. The van der Waals surface area contributed by atoms with Gasteiger partial charge in [0.25, 0.3) is 0 Å². The van der Waals surface area contributed by atoms with Crippen molar-refractivity contribution in [1.29, 1.82) is 0 Å². The van der Waals surface area contributed by atoms with Crippen LogP contribution in [0.5, 0.6) is 0 Å².